The number of aryl methyl sites for hydroxylation is 1. The number of aliphatic hydroxyl groups excluding tert-OH is 1. The highest BCUT2D eigenvalue weighted by Crippen LogP contribution is 2.12. The summed E-state index contributed by atoms with van der Waals surface area (Å²) < 4.78 is 0. The summed E-state index contributed by atoms with van der Waals surface area (Å²) >= 11 is 0. The maximum absolute atomic E-state index is 8.95. The van der Waals surface area contributed by atoms with Gasteiger partial charge in [0.2, 0.25) is 0 Å². The van der Waals surface area contributed by atoms with E-state index in [0.717, 1.165) is 6.42 Å². The van der Waals surface area contributed by atoms with Crippen molar-refractivity contribution in [2.24, 2.45) is 5.73 Å². The molecule has 0 spiro atoms. The Labute approximate surface area is 124 Å². The topological polar surface area (TPSA) is 46.2 Å². The molecule has 0 radical (unpaired) electrons. The molecule has 20 heavy (non-hydrogen) atoms. The van der Waals surface area contributed by atoms with Crippen molar-refractivity contribution >= 4 is 0 Å². The number of benzene rings is 1. The van der Waals surface area contributed by atoms with Crippen LogP contribution in [-0.4, -0.2) is 17.8 Å². The molecule has 0 aliphatic rings. The van der Waals surface area contributed by atoms with Crippen molar-refractivity contribution in [2.75, 3.05) is 6.61 Å². The van der Waals surface area contributed by atoms with Crippen molar-refractivity contribution in [3.63, 3.8) is 0 Å². The summed E-state index contributed by atoms with van der Waals surface area (Å²) in [5, 5.41) is 8.95. The summed E-state index contributed by atoms with van der Waals surface area (Å²) in [6, 6.07) is 8.56. The molecule has 114 valence electrons. The van der Waals surface area contributed by atoms with E-state index in [2.05, 4.69) is 31.2 Å². The largest absolute Gasteiger partial charge is 0.395 e. The fraction of sp³-hybridized carbons (Fsp3) is 0.667. The number of hydrogen-bond acceptors (Lipinski definition) is 2. The Bertz CT molecular complexity index is 334. The molecule has 0 amide bonds. The molecule has 1 rings (SSSR count). The normalized spacial score (nSPS) is 12.6. The van der Waals surface area contributed by atoms with E-state index < -0.39 is 0 Å². The molecule has 1 aromatic carbocycles. The second-order valence-corrected chi connectivity index (χ2v) is 5.83. The van der Waals surface area contributed by atoms with Crippen LogP contribution in [0.3, 0.4) is 0 Å². The van der Waals surface area contributed by atoms with Gasteiger partial charge in [-0.3, -0.25) is 0 Å². The van der Waals surface area contributed by atoms with Crippen molar-refractivity contribution in [1.82, 2.24) is 0 Å². The molecule has 0 saturated carbocycles. The second kappa shape index (κ2) is 10.9. The minimum atomic E-state index is -0.135. The van der Waals surface area contributed by atoms with Gasteiger partial charge in [0.25, 0.3) is 0 Å². The van der Waals surface area contributed by atoms with Gasteiger partial charge in [0.05, 0.1) is 6.61 Å². The molecule has 3 N–H and O–H groups in total. The molecule has 2 heteroatoms. The van der Waals surface area contributed by atoms with E-state index in [1.165, 1.54) is 62.5 Å². The van der Waals surface area contributed by atoms with Gasteiger partial charge in [-0.25, -0.2) is 0 Å². The third-order valence-electron chi connectivity index (χ3n) is 3.82. The maximum Gasteiger partial charge on any atom is 0.0585 e. The van der Waals surface area contributed by atoms with Gasteiger partial charge >= 0.3 is 0 Å². The number of unbranched alkanes of at least 4 members (excludes halogenated alkanes) is 6. The van der Waals surface area contributed by atoms with Crippen molar-refractivity contribution in [2.45, 2.75) is 70.8 Å². The quantitative estimate of drug-likeness (QED) is 0.604. The standard InChI is InChI=1S/C18H31NO/c1-2-3-4-5-6-7-8-9-16-10-12-17(13-11-16)14-18(19)15-20/h10-13,18,20H,2-9,14-15,19H2,1H3/t18-/m0/s1. The average molecular weight is 277 g/mol. The minimum absolute atomic E-state index is 0.0553. The molecular formula is C18H31NO. The molecule has 0 unspecified atom stereocenters. The fourth-order valence-corrected chi connectivity index (χ4v) is 2.50. The van der Waals surface area contributed by atoms with E-state index in [-0.39, 0.29) is 12.6 Å². The van der Waals surface area contributed by atoms with Gasteiger partial charge in [0, 0.05) is 6.04 Å². The molecule has 0 fully saturated rings. The SMILES string of the molecule is CCCCCCCCCc1ccc(C[C@H](N)CO)cc1. The Morgan fingerprint density at radius 3 is 2.05 bits per heavy atom. The van der Waals surface area contributed by atoms with Crippen LogP contribution in [0.2, 0.25) is 0 Å². The first kappa shape index (κ1) is 17.2. The van der Waals surface area contributed by atoms with Gasteiger partial charge in [-0.2, -0.15) is 0 Å². The second-order valence-electron chi connectivity index (χ2n) is 5.83. The molecule has 0 saturated heterocycles. The zero-order valence-electron chi connectivity index (χ0n) is 13.0. The maximum atomic E-state index is 8.95. The van der Waals surface area contributed by atoms with E-state index in [1.54, 1.807) is 0 Å². The Balaban J connectivity index is 2.15. The Kier molecular flexibility index (Phi) is 9.35. The number of nitrogens with two attached hydrogens (primary N) is 1. The molecule has 1 aromatic rings. The highest BCUT2D eigenvalue weighted by atomic mass is 16.3. The molecule has 0 aromatic heterocycles. The molecular weight excluding hydrogens is 246 g/mol. The van der Waals surface area contributed by atoms with E-state index in [9.17, 15) is 0 Å². The van der Waals surface area contributed by atoms with E-state index in [0.29, 0.717) is 0 Å². The molecule has 0 aliphatic heterocycles. The first-order chi connectivity index (χ1) is 9.76. The summed E-state index contributed by atoms with van der Waals surface area (Å²) in [5.74, 6) is 0. The van der Waals surface area contributed by atoms with Gasteiger partial charge in [-0.1, -0.05) is 69.7 Å². The van der Waals surface area contributed by atoms with Crippen molar-refractivity contribution in [3.8, 4) is 0 Å². The summed E-state index contributed by atoms with van der Waals surface area (Å²) in [7, 11) is 0. The Morgan fingerprint density at radius 1 is 0.900 bits per heavy atom. The molecule has 0 bridgehead atoms. The van der Waals surface area contributed by atoms with Gasteiger partial charge < -0.3 is 10.8 Å². The van der Waals surface area contributed by atoms with Crippen LogP contribution in [0, 0.1) is 0 Å². The average Bonchev–Trinajstić information content (AvgIpc) is 2.48. The molecule has 0 heterocycles. The number of aliphatic hydroxyl groups is 1. The first-order valence-corrected chi connectivity index (χ1v) is 8.20. The predicted octanol–water partition coefficient (Wildman–Crippen LogP) is 3.84. The Morgan fingerprint density at radius 2 is 1.45 bits per heavy atom. The van der Waals surface area contributed by atoms with Crippen LogP contribution >= 0.6 is 0 Å². The number of hydrogen-bond donors (Lipinski definition) is 2. The lowest BCUT2D eigenvalue weighted by molar-refractivity contribution is 0.265. The zero-order chi connectivity index (χ0) is 14.6. The van der Waals surface area contributed by atoms with Crippen LogP contribution in [0.25, 0.3) is 0 Å². The third kappa shape index (κ3) is 7.66. The monoisotopic (exact) mass is 277 g/mol. The highest BCUT2D eigenvalue weighted by Gasteiger charge is 2.02. The predicted molar refractivity (Wildman–Crippen MR) is 86.9 cm³/mol. The summed E-state index contributed by atoms with van der Waals surface area (Å²) in [4.78, 5) is 0. The van der Waals surface area contributed by atoms with Crippen LogP contribution in [-0.2, 0) is 12.8 Å². The Hall–Kier alpha value is -0.860. The van der Waals surface area contributed by atoms with Gasteiger partial charge in [-0.05, 0) is 30.4 Å². The van der Waals surface area contributed by atoms with Crippen molar-refractivity contribution < 1.29 is 5.11 Å². The lowest BCUT2D eigenvalue weighted by Gasteiger charge is -2.08. The fourth-order valence-electron chi connectivity index (χ4n) is 2.50. The van der Waals surface area contributed by atoms with Gasteiger partial charge in [0.15, 0.2) is 0 Å². The lowest BCUT2D eigenvalue weighted by atomic mass is 10.0. The summed E-state index contributed by atoms with van der Waals surface area (Å²) in [6.07, 6.45) is 11.5. The smallest absolute Gasteiger partial charge is 0.0585 e. The molecule has 1 atom stereocenters. The molecule has 2 nitrogen and oxygen atoms in total. The van der Waals surface area contributed by atoms with Crippen LogP contribution in [0.5, 0.6) is 0 Å². The van der Waals surface area contributed by atoms with Gasteiger partial charge in [0.1, 0.15) is 0 Å². The van der Waals surface area contributed by atoms with Crippen molar-refractivity contribution in [3.05, 3.63) is 35.4 Å². The third-order valence-corrected chi connectivity index (χ3v) is 3.82. The van der Waals surface area contributed by atoms with Crippen LogP contribution in [0.1, 0.15) is 63.0 Å². The van der Waals surface area contributed by atoms with Crippen molar-refractivity contribution in [1.29, 1.82) is 0 Å². The van der Waals surface area contributed by atoms with Crippen LogP contribution in [0.4, 0.5) is 0 Å². The first-order valence-electron chi connectivity index (χ1n) is 8.20. The zero-order valence-corrected chi connectivity index (χ0v) is 13.0. The van der Waals surface area contributed by atoms with E-state index >= 15 is 0 Å². The highest BCUT2D eigenvalue weighted by molar-refractivity contribution is 5.23. The molecule has 0 aliphatic carbocycles. The summed E-state index contributed by atoms with van der Waals surface area (Å²) in [6.45, 7) is 2.32. The van der Waals surface area contributed by atoms with Crippen LogP contribution < -0.4 is 5.73 Å². The minimum Gasteiger partial charge on any atom is -0.395 e. The van der Waals surface area contributed by atoms with E-state index in [1.807, 2.05) is 0 Å². The van der Waals surface area contributed by atoms with Crippen LogP contribution in [0.15, 0.2) is 24.3 Å². The number of rotatable bonds is 11. The summed E-state index contributed by atoms with van der Waals surface area (Å²) in [5.41, 5.74) is 8.38. The van der Waals surface area contributed by atoms with Gasteiger partial charge in [-0.15, -0.1) is 0 Å². The van der Waals surface area contributed by atoms with E-state index in [4.69, 9.17) is 10.8 Å². The lowest BCUT2D eigenvalue weighted by Crippen LogP contribution is -2.26.